The van der Waals surface area contributed by atoms with Gasteiger partial charge in [-0.1, -0.05) is 29.3 Å². The van der Waals surface area contributed by atoms with Gasteiger partial charge in [-0.2, -0.15) is 20.0 Å². The zero-order chi connectivity index (χ0) is 18.8. The van der Waals surface area contributed by atoms with E-state index in [2.05, 4.69) is 20.4 Å². The van der Waals surface area contributed by atoms with Gasteiger partial charge in [-0.3, -0.25) is 4.68 Å². The van der Waals surface area contributed by atoms with Gasteiger partial charge in [0, 0.05) is 18.3 Å². The van der Waals surface area contributed by atoms with Crippen LogP contribution in [-0.2, 0) is 13.7 Å². The number of aromatic amines is 1. The number of rotatable bonds is 5. The molecular weight excluding hydrogens is 395 g/mol. The fourth-order valence-corrected chi connectivity index (χ4v) is 3.09. The van der Waals surface area contributed by atoms with Gasteiger partial charge in [0.25, 0.3) is 0 Å². The van der Waals surface area contributed by atoms with Gasteiger partial charge in [0.2, 0.25) is 4.77 Å². The third kappa shape index (κ3) is 3.67. The molecule has 0 amide bonds. The highest BCUT2D eigenvalue weighted by Crippen LogP contribution is 2.32. The largest absolute Gasteiger partial charge is 0.482 e. The van der Waals surface area contributed by atoms with Crippen LogP contribution in [0.5, 0.6) is 5.75 Å². The van der Waals surface area contributed by atoms with Gasteiger partial charge >= 0.3 is 0 Å². The smallest absolute Gasteiger partial charge is 0.216 e. The molecule has 2 aromatic heterocycles. The molecule has 136 valence electrons. The van der Waals surface area contributed by atoms with Crippen LogP contribution >= 0.6 is 35.4 Å². The lowest BCUT2D eigenvalue weighted by atomic mass is 10.2. The van der Waals surface area contributed by atoms with Crippen molar-refractivity contribution in [2.45, 2.75) is 20.5 Å². The molecule has 3 aromatic rings. The van der Waals surface area contributed by atoms with Crippen LogP contribution in [0.15, 0.2) is 23.3 Å². The molecule has 3 rings (SSSR count). The Morgan fingerprint density at radius 1 is 1.31 bits per heavy atom. The Bertz CT molecular complexity index is 1020. The number of hydrogen-bond acceptors (Lipinski definition) is 5. The number of nitrogens with one attached hydrogen (secondary N) is 1. The van der Waals surface area contributed by atoms with Crippen molar-refractivity contribution in [3.05, 3.63) is 55.8 Å². The minimum Gasteiger partial charge on any atom is -0.482 e. The lowest BCUT2D eigenvalue weighted by Crippen LogP contribution is -2.05. The fourth-order valence-electron chi connectivity index (χ4n) is 2.39. The van der Waals surface area contributed by atoms with Crippen molar-refractivity contribution in [2.75, 3.05) is 0 Å². The maximum Gasteiger partial charge on any atom is 0.216 e. The number of hydrogen-bond donors (Lipinski definition) is 1. The summed E-state index contributed by atoms with van der Waals surface area (Å²) in [5.74, 6) is 0.876. The van der Waals surface area contributed by atoms with E-state index in [4.69, 9.17) is 40.2 Å². The van der Waals surface area contributed by atoms with Crippen LogP contribution in [0.2, 0.25) is 10.0 Å². The molecule has 26 heavy (non-hydrogen) atoms. The van der Waals surface area contributed by atoms with E-state index in [1.54, 1.807) is 29.1 Å². The molecule has 0 bridgehead atoms. The first-order valence-corrected chi connectivity index (χ1v) is 8.82. The Balaban J connectivity index is 1.85. The Kier molecular flexibility index (Phi) is 5.45. The normalized spacial score (nSPS) is 11.4. The fraction of sp³-hybridized carbons (Fsp3) is 0.250. The second-order valence-electron chi connectivity index (χ2n) is 5.55. The Morgan fingerprint density at radius 2 is 2.00 bits per heavy atom. The number of aromatic nitrogens is 5. The number of benzene rings is 1. The van der Waals surface area contributed by atoms with Gasteiger partial charge in [-0.05, 0) is 38.2 Å². The molecule has 7 nitrogen and oxygen atoms in total. The van der Waals surface area contributed by atoms with Crippen LogP contribution in [0.3, 0.4) is 0 Å². The van der Waals surface area contributed by atoms with E-state index >= 15 is 0 Å². The van der Waals surface area contributed by atoms with Crippen LogP contribution in [0, 0.1) is 18.6 Å². The number of aryl methyl sites for hydroxylation is 2. The Hall–Kier alpha value is -2.16. The summed E-state index contributed by atoms with van der Waals surface area (Å²) >= 11 is 17.5. The van der Waals surface area contributed by atoms with E-state index in [0.29, 0.717) is 26.4 Å². The van der Waals surface area contributed by atoms with Crippen molar-refractivity contribution < 1.29 is 4.74 Å². The van der Waals surface area contributed by atoms with Crippen LogP contribution < -0.4 is 4.74 Å². The molecule has 1 aromatic carbocycles. The predicted octanol–water partition coefficient (Wildman–Crippen LogP) is 4.06. The molecule has 0 aliphatic rings. The first-order valence-electron chi connectivity index (χ1n) is 7.66. The second-order valence-corrected chi connectivity index (χ2v) is 6.75. The highest BCUT2D eigenvalue weighted by molar-refractivity contribution is 7.71. The zero-order valence-corrected chi connectivity index (χ0v) is 16.7. The first kappa shape index (κ1) is 18.6. The molecule has 0 aliphatic carbocycles. The number of nitrogens with zero attached hydrogens (tertiary/aromatic N) is 5. The van der Waals surface area contributed by atoms with Gasteiger partial charge in [-0.25, -0.2) is 5.10 Å². The maximum absolute atomic E-state index is 6.12. The average Bonchev–Trinajstić information content (AvgIpc) is 3.05. The first-order chi connectivity index (χ1) is 12.4. The molecule has 1 N–H and O–H groups in total. The van der Waals surface area contributed by atoms with Crippen molar-refractivity contribution in [1.29, 1.82) is 0 Å². The second kappa shape index (κ2) is 7.61. The predicted molar refractivity (Wildman–Crippen MR) is 104 cm³/mol. The van der Waals surface area contributed by atoms with Gasteiger partial charge in [0.15, 0.2) is 11.6 Å². The molecule has 0 atom stereocenters. The standard InChI is InChI=1S/C16H16Cl2N6OS/c1-9-11(10(2)23(3)22-9)7-19-24-14(20-21-16(24)26)8-25-15-12(17)5-4-6-13(15)18/h4-7H,8H2,1-3H3,(H,21,26)/b19-7-. The van der Waals surface area contributed by atoms with Crippen LogP contribution in [-0.4, -0.2) is 30.9 Å². The van der Waals surface area contributed by atoms with E-state index in [9.17, 15) is 0 Å². The summed E-state index contributed by atoms with van der Waals surface area (Å²) in [4.78, 5) is 0. The van der Waals surface area contributed by atoms with Crippen LogP contribution in [0.25, 0.3) is 0 Å². The molecule has 0 saturated heterocycles. The minimum atomic E-state index is 0.0962. The third-order valence-electron chi connectivity index (χ3n) is 3.85. The molecular formula is C16H16Cl2N6OS. The quantitative estimate of drug-likeness (QED) is 0.508. The summed E-state index contributed by atoms with van der Waals surface area (Å²) in [6.45, 7) is 3.99. The van der Waals surface area contributed by atoms with E-state index in [0.717, 1.165) is 17.0 Å². The van der Waals surface area contributed by atoms with Crippen molar-refractivity contribution >= 4 is 41.6 Å². The monoisotopic (exact) mass is 410 g/mol. The number of halogens is 2. The number of ether oxygens (including phenoxy) is 1. The lowest BCUT2D eigenvalue weighted by molar-refractivity contribution is 0.291. The summed E-state index contributed by atoms with van der Waals surface area (Å²) in [6.07, 6.45) is 1.70. The number of para-hydroxylation sites is 1. The highest BCUT2D eigenvalue weighted by atomic mass is 35.5. The molecule has 10 heteroatoms. The van der Waals surface area contributed by atoms with Crippen molar-refractivity contribution in [3.63, 3.8) is 0 Å². The van der Waals surface area contributed by atoms with Crippen LogP contribution in [0.4, 0.5) is 0 Å². The third-order valence-corrected chi connectivity index (χ3v) is 4.71. The van der Waals surface area contributed by atoms with E-state index < -0.39 is 0 Å². The minimum absolute atomic E-state index is 0.0962. The van der Waals surface area contributed by atoms with Gasteiger partial charge in [0.05, 0.1) is 22.0 Å². The number of H-pyrrole nitrogens is 1. The summed E-state index contributed by atoms with van der Waals surface area (Å²) in [5, 5.41) is 16.5. The Morgan fingerprint density at radius 3 is 2.62 bits per heavy atom. The van der Waals surface area contributed by atoms with Crippen molar-refractivity contribution in [2.24, 2.45) is 12.1 Å². The maximum atomic E-state index is 6.12. The summed E-state index contributed by atoms with van der Waals surface area (Å²) < 4.78 is 9.35. The molecule has 0 spiro atoms. The Labute approximate surface area is 165 Å². The average molecular weight is 411 g/mol. The molecule has 0 radical (unpaired) electrons. The summed E-state index contributed by atoms with van der Waals surface area (Å²) in [5.41, 5.74) is 2.81. The van der Waals surface area contributed by atoms with Gasteiger partial charge in [-0.15, -0.1) is 0 Å². The summed E-state index contributed by atoms with van der Waals surface area (Å²) in [7, 11) is 1.88. The molecule has 0 aliphatic heterocycles. The molecule has 2 heterocycles. The zero-order valence-electron chi connectivity index (χ0n) is 14.3. The van der Waals surface area contributed by atoms with Crippen molar-refractivity contribution in [3.8, 4) is 5.75 Å². The highest BCUT2D eigenvalue weighted by Gasteiger charge is 2.12. The molecule has 0 fully saturated rings. The van der Waals surface area contributed by atoms with E-state index in [1.807, 2.05) is 20.9 Å². The molecule has 0 unspecified atom stereocenters. The van der Waals surface area contributed by atoms with E-state index in [-0.39, 0.29) is 6.61 Å². The van der Waals surface area contributed by atoms with Gasteiger partial charge in [0.1, 0.15) is 6.61 Å². The lowest BCUT2D eigenvalue weighted by Gasteiger charge is -2.08. The van der Waals surface area contributed by atoms with E-state index in [1.165, 1.54) is 4.68 Å². The SMILES string of the molecule is Cc1nn(C)c(C)c1/C=N\n1c(COc2c(Cl)cccc2Cl)n[nH]c1=S. The topological polar surface area (TPSA) is 73.0 Å². The van der Waals surface area contributed by atoms with Crippen LogP contribution in [0.1, 0.15) is 22.8 Å². The summed E-state index contributed by atoms with van der Waals surface area (Å²) in [6, 6.07) is 5.15. The van der Waals surface area contributed by atoms with Gasteiger partial charge < -0.3 is 4.74 Å². The van der Waals surface area contributed by atoms with Crippen molar-refractivity contribution in [1.82, 2.24) is 24.7 Å². The molecule has 0 saturated carbocycles.